The Balaban J connectivity index is 2.31. The van der Waals surface area contributed by atoms with Crippen molar-refractivity contribution in [2.45, 2.75) is 154 Å². The first kappa shape index (κ1) is 37.4. The molecule has 0 aromatic rings. The van der Waals surface area contributed by atoms with Crippen molar-refractivity contribution in [2.75, 3.05) is 19.8 Å². The number of carbonyl (C=O) groups is 6. The topological polar surface area (TPSA) is 130 Å². The Morgan fingerprint density at radius 2 is 0.500 bits per heavy atom. The van der Waals surface area contributed by atoms with Crippen molar-refractivity contribution < 1.29 is 43.0 Å². The molecule has 0 amide bonds. The number of carbonyl (C=O) groups excluding carboxylic acids is 6. The molecule has 42 heavy (non-hydrogen) atoms. The molecule has 9 nitrogen and oxygen atoms in total. The lowest BCUT2D eigenvalue weighted by atomic mass is 10.1. The molecule has 0 saturated carbocycles. The predicted molar refractivity (Wildman–Crippen MR) is 159 cm³/mol. The van der Waals surface area contributed by atoms with Crippen LogP contribution in [0.25, 0.3) is 0 Å². The maximum Gasteiger partial charge on any atom is 0.313 e. The molecule has 0 unspecified atom stereocenters. The number of cyclic esters (lactones) is 3. The number of Topliss-reactive ketones (excluding diaryl/α,β-unsaturated/α-hetero) is 3. The predicted octanol–water partition coefficient (Wildman–Crippen LogP) is 6.70. The number of esters is 3. The summed E-state index contributed by atoms with van der Waals surface area (Å²) in [6.45, 7) is 0.953. The van der Waals surface area contributed by atoms with Crippen molar-refractivity contribution in [2.24, 2.45) is 0 Å². The highest BCUT2D eigenvalue weighted by Gasteiger charge is 2.13. The van der Waals surface area contributed by atoms with Gasteiger partial charge in [-0.1, -0.05) is 77.0 Å². The molecule has 1 aliphatic rings. The minimum absolute atomic E-state index is 0.0903. The number of ether oxygens (including phenoxy) is 3. The number of hydrogen-bond donors (Lipinski definition) is 0. The van der Waals surface area contributed by atoms with E-state index in [1.54, 1.807) is 0 Å². The van der Waals surface area contributed by atoms with Gasteiger partial charge in [0.05, 0.1) is 19.8 Å². The molecule has 0 spiro atoms. The molecular weight excluding hydrogens is 540 g/mol. The van der Waals surface area contributed by atoms with E-state index in [1.807, 2.05) is 0 Å². The molecule has 1 fully saturated rings. The van der Waals surface area contributed by atoms with Crippen molar-refractivity contribution in [3.05, 3.63) is 0 Å². The second-order valence-electron chi connectivity index (χ2n) is 11.4. The van der Waals surface area contributed by atoms with Crippen molar-refractivity contribution in [1.29, 1.82) is 0 Å². The zero-order valence-corrected chi connectivity index (χ0v) is 25.8. The van der Waals surface area contributed by atoms with Crippen LogP contribution in [0.5, 0.6) is 0 Å². The Hall–Kier alpha value is -2.58. The number of hydrogen-bond acceptors (Lipinski definition) is 9. The van der Waals surface area contributed by atoms with Gasteiger partial charge in [0.1, 0.15) is 36.6 Å². The van der Waals surface area contributed by atoms with Crippen LogP contribution in [0, 0.1) is 0 Å². The fourth-order valence-electron chi connectivity index (χ4n) is 4.85. The van der Waals surface area contributed by atoms with Crippen LogP contribution in [0.1, 0.15) is 154 Å². The second-order valence-corrected chi connectivity index (χ2v) is 11.4. The zero-order valence-electron chi connectivity index (χ0n) is 25.8. The van der Waals surface area contributed by atoms with Crippen LogP contribution in [0.2, 0.25) is 0 Å². The minimum Gasteiger partial charge on any atom is -0.465 e. The maximum atomic E-state index is 12.0. The fraction of sp³-hybridized carbons (Fsp3) is 0.818. The summed E-state index contributed by atoms with van der Waals surface area (Å²) in [5.41, 5.74) is 0. The molecule has 0 N–H and O–H groups in total. The van der Waals surface area contributed by atoms with Gasteiger partial charge < -0.3 is 14.2 Å². The summed E-state index contributed by atoms with van der Waals surface area (Å²) in [4.78, 5) is 71.6. The van der Waals surface area contributed by atoms with Gasteiger partial charge in [-0.3, -0.25) is 28.8 Å². The summed E-state index contributed by atoms with van der Waals surface area (Å²) in [5.74, 6) is -1.66. The highest BCUT2D eigenvalue weighted by molar-refractivity contribution is 5.96. The van der Waals surface area contributed by atoms with E-state index in [-0.39, 0.29) is 36.6 Å². The van der Waals surface area contributed by atoms with Gasteiger partial charge in [-0.05, 0) is 38.5 Å². The lowest BCUT2D eigenvalue weighted by Crippen LogP contribution is -2.12. The molecule has 0 radical (unpaired) electrons. The SMILES string of the molecule is O=C1CCCCCCCCOC(=O)CC(=O)CCCCCCCCOC(=O)CC(=O)CCCCCCCCOC(=O)C1. The molecule has 1 aliphatic heterocycles. The van der Waals surface area contributed by atoms with E-state index in [4.69, 9.17) is 14.2 Å². The maximum absolute atomic E-state index is 12.0. The minimum atomic E-state index is -0.462. The molecule has 0 aromatic heterocycles. The van der Waals surface area contributed by atoms with E-state index in [0.717, 1.165) is 116 Å². The first-order chi connectivity index (χ1) is 20.4. The highest BCUT2D eigenvalue weighted by Crippen LogP contribution is 2.12. The Morgan fingerprint density at radius 1 is 0.286 bits per heavy atom. The molecule has 1 heterocycles. The van der Waals surface area contributed by atoms with Gasteiger partial charge in [0.25, 0.3) is 0 Å². The van der Waals surface area contributed by atoms with Gasteiger partial charge in [0, 0.05) is 19.3 Å². The molecule has 0 aromatic carbocycles. The molecular formula is C33H54O9. The Labute approximate surface area is 252 Å². The smallest absolute Gasteiger partial charge is 0.313 e. The van der Waals surface area contributed by atoms with Crippen LogP contribution >= 0.6 is 0 Å². The molecule has 9 heteroatoms. The Bertz CT molecular complexity index is 641. The number of ketones is 3. The van der Waals surface area contributed by atoms with E-state index in [1.165, 1.54) is 0 Å². The average Bonchev–Trinajstić information content (AvgIpc) is 2.93. The summed E-state index contributed by atoms with van der Waals surface area (Å²) in [6.07, 6.45) is 16.5. The van der Waals surface area contributed by atoms with E-state index >= 15 is 0 Å². The molecule has 0 bridgehead atoms. The molecule has 0 aliphatic carbocycles. The van der Waals surface area contributed by atoms with Crippen LogP contribution in [0.3, 0.4) is 0 Å². The van der Waals surface area contributed by atoms with E-state index < -0.39 is 17.9 Å². The summed E-state index contributed by atoms with van der Waals surface area (Å²) in [7, 11) is 0. The van der Waals surface area contributed by atoms with Crippen molar-refractivity contribution in [3.63, 3.8) is 0 Å². The lowest BCUT2D eigenvalue weighted by Gasteiger charge is -2.06. The van der Waals surface area contributed by atoms with Crippen LogP contribution in [-0.2, 0) is 43.0 Å². The van der Waals surface area contributed by atoms with Gasteiger partial charge in [0.2, 0.25) is 0 Å². The molecule has 240 valence electrons. The van der Waals surface area contributed by atoms with E-state index in [2.05, 4.69) is 0 Å². The molecule has 0 atom stereocenters. The van der Waals surface area contributed by atoms with Crippen LogP contribution < -0.4 is 0 Å². The van der Waals surface area contributed by atoms with Crippen molar-refractivity contribution in [1.82, 2.24) is 0 Å². The number of rotatable bonds is 0. The molecule has 1 rings (SSSR count). The first-order valence-corrected chi connectivity index (χ1v) is 16.4. The van der Waals surface area contributed by atoms with Crippen molar-refractivity contribution in [3.8, 4) is 0 Å². The molecule has 1 saturated heterocycles. The lowest BCUT2D eigenvalue weighted by molar-refractivity contribution is -0.147. The monoisotopic (exact) mass is 594 g/mol. The van der Waals surface area contributed by atoms with Crippen LogP contribution in [0.4, 0.5) is 0 Å². The van der Waals surface area contributed by atoms with Crippen molar-refractivity contribution >= 4 is 35.3 Å². The van der Waals surface area contributed by atoms with E-state index in [0.29, 0.717) is 39.1 Å². The summed E-state index contributed by atoms with van der Waals surface area (Å²) < 4.78 is 15.5. The quantitative estimate of drug-likeness (QED) is 0.171. The van der Waals surface area contributed by atoms with Gasteiger partial charge in [0.15, 0.2) is 0 Å². The highest BCUT2D eigenvalue weighted by atomic mass is 16.5. The average molecular weight is 595 g/mol. The summed E-state index contributed by atoms with van der Waals surface area (Å²) in [6, 6.07) is 0. The fourth-order valence-corrected chi connectivity index (χ4v) is 4.85. The second kappa shape index (κ2) is 26.1. The van der Waals surface area contributed by atoms with E-state index in [9.17, 15) is 28.8 Å². The van der Waals surface area contributed by atoms with Crippen LogP contribution in [-0.4, -0.2) is 55.1 Å². The van der Waals surface area contributed by atoms with Gasteiger partial charge >= 0.3 is 17.9 Å². The van der Waals surface area contributed by atoms with Gasteiger partial charge in [-0.15, -0.1) is 0 Å². The zero-order chi connectivity index (χ0) is 30.7. The third-order valence-corrected chi connectivity index (χ3v) is 7.36. The Kier molecular flexibility index (Phi) is 23.2. The largest absolute Gasteiger partial charge is 0.465 e. The van der Waals surface area contributed by atoms with Gasteiger partial charge in [-0.2, -0.15) is 0 Å². The third kappa shape index (κ3) is 24.1. The summed E-state index contributed by atoms with van der Waals surface area (Å²) in [5, 5.41) is 0. The Morgan fingerprint density at radius 3 is 0.762 bits per heavy atom. The normalized spacial score (nSPS) is 22.0. The third-order valence-electron chi connectivity index (χ3n) is 7.36. The first-order valence-electron chi connectivity index (χ1n) is 16.4. The summed E-state index contributed by atoms with van der Waals surface area (Å²) >= 11 is 0. The van der Waals surface area contributed by atoms with Gasteiger partial charge in [-0.25, -0.2) is 0 Å². The standard InChI is InChI=1S/C33H54O9/c34-28-19-13-7-1-4-10-16-22-40-32(38)26-29(35)20-14-8-3-6-12-18-24-42-33(39)27-30(36)21-15-9-2-5-11-17-23-41-31(37)25-28/h1-27H2. The van der Waals surface area contributed by atoms with Crippen LogP contribution in [0.15, 0.2) is 0 Å².